The second-order valence-corrected chi connectivity index (χ2v) is 10.0. The Hall–Kier alpha value is -3.10. The van der Waals surface area contributed by atoms with Crippen LogP contribution in [0.1, 0.15) is 44.2 Å². The summed E-state index contributed by atoms with van der Waals surface area (Å²) in [7, 11) is 1.62. The van der Waals surface area contributed by atoms with Gasteiger partial charge in [0.1, 0.15) is 24.4 Å². The summed E-state index contributed by atoms with van der Waals surface area (Å²) in [6, 6.07) is 13.1. The number of nitrogens with zero attached hydrogens (tertiary/aromatic N) is 1. The Labute approximate surface area is 230 Å². The van der Waals surface area contributed by atoms with E-state index in [2.05, 4.69) is 16.0 Å². The highest BCUT2D eigenvalue weighted by atomic mass is 35.5. The van der Waals surface area contributed by atoms with Gasteiger partial charge in [-0.05, 0) is 49.4 Å². The van der Waals surface area contributed by atoms with Gasteiger partial charge in [0.25, 0.3) is 0 Å². The second-order valence-electron chi connectivity index (χ2n) is 9.63. The largest absolute Gasteiger partial charge is 0.492 e. The Balaban J connectivity index is 1.84. The first-order valence-electron chi connectivity index (χ1n) is 13.3. The molecule has 0 saturated heterocycles. The van der Waals surface area contributed by atoms with Gasteiger partial charge in [-0.3, -0.25) is 14.4 Å². The molecule has 206 valence electrons. The molecule has 0 aromatic heterocycles. The third kappa shape index (κ3) is 8.20. The van der Waals surface area contributed by atoms with Crippen LogP contribution in [0, 0.1) is 0 Å². The van der Waals surface area contributed by atoms with Gasteiger partial charge in [-0.15, -0.1) is 0 Å². The summed E-state index contributed by atoms with van der Waals surface area (Å²) in [5, 5.41) is 9.65. The van der Waals surface area contributed by atoms with Crippen molar-refractivity contribution in [2.75, 3.05) is 26.7 Å². The van der Waals surface area contributed by atoms with E-state index in [9.17, 15) is 14.4 Å². The van der Waals surface area contributed by atoms with Gasteiger partial charge in [0.15, 0.2) is 0 Å². The van der Waals surface area contributed by atoms with Crippen LogP contribution in [-0.4, -0.2) is 67.5 Å². The molecule has 0 spiro atoms. The number of carbonyl (C=O) groups excluding carboxylic acids is 3. The van der Waals surface area contributed by atoms with Gasteiger partial charge in [0.2, 0.25) is 17.7 Å². The molecule has 0 bridgehead atoms. The first-order chi connectivity index (χ1) is 18.3. The van der Waals surface area contributed by atoms with Gasteiger partial charge in [-0.25, -0.2) is 0 Å². The van der Waals surface area contributed by atoms with Crippen molar-refractivity contribution in [3.63, 3.8) is 0 Å². The number of halogens is 1. The van der Waals surface area contributed by atoms with Gasteiger partial charge in [0.05, 0.1) is 6.04 Å². The Morgan fingerprint density at radius 1 is 1.00 bits per heavy atom. The first kappa shape index (κ1) is 29.5. The molecule has 8 nitrogen and oxygen atoms in total. The highest BCUT2D eigenvalue weighted by Crippen LogP contribution is 2.20. The lowest BCUT2D eigenvalue weighted by molar-refractivity contribution is -0.141. The fourth-order valence-electron chi connectivity index (χ4n) is 4.46. The van der Waals surface area contributed by atoms with Gasteiger partial charge in [0, 0.05) is 31.6 Å². The number of amides is 3. The van der Waals surface area contributed by atoms with Gasteiger partial charge in [-0.2, -0.15) is 0 Å². The molecule has 1 aliphatic rings. The van der Waals surface area contributed by atoms with E-state index in [1.807, 2.05) is 49.4 Å². The van der Waals surface area contributed by atoms with Crippen LogP contribution >= 0.6 is 11.6 Å². The van der Waals surface area contributed by atoms with Crippen molar-refractivity contribution in [1.82, 2.24) is 20.9 Å². The van der Waals surface area contributed by atoms with Crippen molar-refractivity contribution >= 4 is 29.3 Å². The number of aryl methyl sites for hydroxylation is 1. The maximum absolute atomic E-state index is 13.3. The number of rotatable bonds is 4. The molecule has 2 aromatic rings. The quantitative estimate of drug-likeness (QED) is 0.551. The molecule has 1 aliphatic heterocycles. The average molecular weight is 543 g/mol. The molecule has 0 aliphatic carbocycles. The van der Waals surface area contributed by atoms with E-state index >= 15 is 0 Å². The van der Waals surface area contributed by atoms with E-state index in [0.717, 1.165) is 29.7 Å². The molecule has 0 radical (unpaired) electrons. The highest BCUT2D eigenvalue weighted by molar-refractivity contribution is 6.31. The predicted octanol–water partition coefficient (Wildman–Crippen LogP) is 3.11. The lowest BCUT2D eigenvalue weighted by atomic mass is 10.0. The van der Waals surface area contributed by atoms with E-state index in [4.69, 9.17) is 16.3 Å². The van der Waals surface area contributed by atoms with Crippen molar-refractivity contribution in [2.24, 2.45) is 0 Å². The zero-order chi connectivity index (χ0) is 27.5. The Kier molecular flexibility index (Phi) is 11.4. The molecule has 0 unspecified atom stereocenters. The van der Waals surface area contributed by atoms with Crippen LogP contribution in [0.5, 0.6) is 5.75 Å². The van der Waals surface area contributed by atoms with E-state index in [0.29, 0.717) is 37.6 Å². The molecule has 1 heterocycles. The Bertz CT molecular complexity index is 1100. The minimum absolute atomic E-state index is 0.178. The first-order valence-corrected chi connectivity index (χ1v) is 13.7. The number of hydrogen-bond donors (Lipinski definition) is 3. The third-order valence-electron chi connectivity index (χ3n) is 6.84. The molecule has 9 heteroatoms. The number of ether oxygens (including phenoxy) is 1. The average Bonchev–Trinajstić information content (AvgIpc) is 2.92. The predicted molar refractivity (Wildman–Crippen MR) is 149 cm³/mol. The van der Waals surface area contributed by atoms with E-state index in [-0.39, 0.29) is 18.2 Å². The van der Waals surface area contributed by atoms with Crippen LogP contribution in [0.2, 0.25) is 5.02 Å². The summed E-state index contributed by atoms with van der Waals surface area (Å²) < 4.78 is 6.02. The zero-order valence-electron chi connectivity index (χ0n) is 22.5. The topological polar surface area (TPSA) is 99.8 Å². The van der Waals surface area contributed by atoms with Crippen LogP contribution in [0.25, 0.3) is 0 Å². The van der Waals surface area contributed by atoms with E-state index < -0.39 is 24.0 Å². The number of benzene rings is 2. The number of hydrogen-bond acceptors (Lipinski definition) is 5. The minimum Gasteiger partial charge on any atom is -0.492 e. The molecule has 3 N–H and O–H groups in total. The zero-order valence-corrected chi connectivity index (χ0v) is 23.2. The lowest BCUT2D eigenvalue weighted by Crippen LogP contribution is -2.56. The van der Waals surface area contributed by atoms with E-state index in [1.54, 1.807) is 20.0 Å². The van der Waals surface area contributed by atoms with Crippen molar-refractivity contribution in [3.8, 4) is 5.75 Å². The molecular weight excluding hydrogens is 504 g/mol. The van der Waals surface area contributed by atoms with Gasteiger partial charge >= 0.3 is 0 Å². The third-order valence-corrected chi connectivity index (χ3v) is 7.21. The highest BCUT2D eigenvalue weighted by Gasteiger charge is 2.30. The molecule has 0 saturated carbocycles. The Morgan fingerprint density at radius 2 is 1.74 bits per heavy atom. The maximum Gasteiger partial charge on any atom is 0.243 e. The number of likely N-dealkylation sites (N-methyl/N-ethyl adjacent to an activating group) is 1. The number of fused-ring (bicyclic) bond motifs is 1. The van der Waals surface area contributed by atoms with Gasteiger partial charge in [-0.1, -0.05) is 61.3 Å². The fraction of sp³-hybridized carbons (Fsp3) is 0.483. The van der Waals surface area contributed by atoms with Crippen LogP contribution in [0.15, 0.2) is 48.5 Å². The molecule has 38 heavy (non-hydrogen) atoms. The fourth-order valence-corrected chi connectivity index (χ4v) is 4.67. The van der Waals surface area contributed by atoms with Crippen LogP contribution < -0.4 is 20.7 Å². The molecule has 3 rings (SSSR count). The Morgan fingerprint density at radius 3 is 2.50 bits per heavy atom. The summed E-state index contributed by atoms with van der Waals surface area (Å²) in [4.78, 5) is 41.2. The summed E-state index contributed by atoms with van der Waals surface area (Å²) in [6.07, 6.45) is 3.11. The molecule has 3 atom stereocenters. The normalized spacial score (nSPS) is 22.4. The van der Waals surface area contributed by atoms with Crippen molar-refractivity contribution in [1.29, 1.82) is 0 Å². The van der Waals surface area contributed by atoms with Crippen LogP contribution in [0.4, 0.5) is 0 Å². The van der Waals surface area contributed by atoms with Gasteiger partial charge < -0.3 is 25.6 Å². The molecule has 3 amide bonds. The van der Waals surface area contributed by atoms with Crippen molar-refractivity contribution < 1.29 is 19.1 Å². The number of para-hydroxylation sites is 1. The van der Waals surface area contributed by atoms with Crippen molar-refractivity contribution in [3.05, 3.63) is 64.7 Å². The summed E-state index contributed by atoms with van der Waals surface area (Å²) in [6.45, 7) is 5.02. The smallest absolute Gasteiger partial charge is 0.243 e. The summed E-state index contributed by atoms with van der Waals surface area (Å²) in [5.74, 6) is -0.0739. The SMILES string of the molecule is CCC[C@@H]1NCCOc2ccccc2CCCNC(=O)[C@@H](Cc2ccccc2Cl)NC(=O)[C@@H](C)N(C)C1=O. The molecule has 0 fully saturated rings. The monoisotopic (exact) mass is 542 g/mol. The van der Waals surface area contributed by atoms with Crippen LogP contribution in [-0.2, 0) is 27.2 Å². The number of carbonyl (C=O) groups is 3. The van der Waals surface area contributed by atoms with Crippen molar-refractivity contribution in [2.45, 2.75) is 64.1 Å². The van der Waals surface area contributed by atoms with E-state index in [1.165, 1.54) is 4.90 Å². The number of nitrogens with one attached hydrogen (secondary N) is 3. The second kappa shape index (κ2) is 14.7. The lowest BCUT2D eigenvalue weighted by Gasteiger charge is -2.30. The minimum atomic E-state index is -0.840. The van der Waals surface area contributed by atoms with Crippen LogP contribution in [0.3, 0.4) is 0 Å². The molecular formula is C29H39ClN4O4. The summed E-state index contributed by atoms with van der Waals surface area (Å²) >= 11 is 6.36. The standard InChI is InChI=1S/C29H39ClN4O4/c1-4-10-24-29(37)34(3)20(2)27(35)33-25(19-22-12-5-7-14-23(22)30)28(36)32-16-9-13-21-11-6-8-15-26(21)38-18-17-31-24/h5-8,11-12,14-15,20,24-25,31H,4,9-10,13,16-19H2,1-3H3,(H,32,36)(H,33,35)/t20-,24+,25-/m1/s1. The molecule has 2 aromatic carbocycles. The maximum atomic E-state index is 13.3. The summed E-state index contributed by atoms with van der Waals surface area (Å²) in [5.41, 5.74) is 1.81.